The molecule has 5 nitrogen and oxygen atoms in total. The number of benzene rings is 2. The second-order valence-corrected chi connectivity index (χ2v) is 7.85. The van der Waals surface area contributed by atoms with Crippen LogP contribution in [0.15, 0.2) is 70.4 Å². The maximum atomic E-state index is 5.58. The highest BCUT2D eigenvalue weighted by Gasteiger charge is 2.16. The fraction of sp³-hybridized carbons (Fsp3) is 0.217. The molecule has 0 fully saturated rings. The molecule has 6 heteroatoms. The molecular formula is C23H23N3O2S. The summed E-state index contributed by atoms with van der Waals surface area (Å²) >= 11 is 1.68. The van der Waals surface area contributed by atoms with Gasteiger partial charge in [0.05, 0.1) is 19.9 Å². The predicted octanol–water partition coefficient (Wildman–Crippen LogP) is 5.50. The van der Waals surface area contributed by atoms with Gasteiger partial charge in [-0.25, -0.2) is 0 Å². The molecule has 4 rings (SSSR count). The van der Waals surface area contributed by atoms with Crippen LogP contribution in [0.25, 0.3) is 11.4 Å². The van der Waals surface area contributed by atoms with Gasteiger partial charge >= 0.3 is 0 Å². The van der Waals surface area contributed by atoms with Gasteiger partial charge in [0.15, 0.2) is 11.0 Å². The molecule has 2 aromatic carbocycles. The first kappa shape index (κ1) is 19.3. The lowest BCUT2D eigenvalue weighted by molar-refractivity contribution is 0.415. The Bertz CT molecular complexity index is 1090. The number of furan rings is 1. The monoisotopic (exact) mass is 405 g/mol. The molecule has 0 aliphatic rings. The van der Waals surface area contributed by atoms with E-state index in [9.17, 15) is 0 Å². The molecule has 0 spiro atoms. The smallest absolute Gasteiger partial charge is 0.192 e. The summed E-state index contributed by atoms with van der Waals surface area (Å²) in [6, 6.07) is 18.3. The van der Waals surface area contributed by atoms with Gasteiger partial charge in [-0.15, -0.1) is 10.2 Å². The van der Waals surface area contributed by atoms with E-state index in [4.69, 9.17) is 9.15 Å². The Morgan fingerprint density at radius 3 is 2.52 bits per heavy atom. The first-order valence-corrected chi connectivity index (χ1v) is 10.4. The summed E-state index contributed by atoms with van der Waals surface area (Å²) in [4.78, 5) is 0. The van der Waals surface area contributed by atoms with E-state index in [0.717, 1.165) is 33.8 Å². The summed E-state index contributed by atoms with van der Waals surface area (Å²) in [7, 11) is 1.66. The minimum Gasteiger partial charge on any atom is -0.497 e. The van der Waals surface area contributed by atoms with E-state index in [0.29, 0.717) is 6.54 Å². The van der Waals surface area contributed by atoms with Gasteiger partial charge in [-0.3, -0.25) is 4.57 Å². The number of rotatable bonds is 7. The highest BCUT2D eigenvalue weighted by atomic mass is 32.2. The van der Waals surface area contributed by atoms with Crippen molar-refractivity contribution in [1.82, 2.24) is 14.8 Å². The number of nitrogens with zero attached hydrogens (tertiary/aromatic N) is 3. The molecule has 2 aromatic heterocycles. The summed E-state index contributed by atoms with van der Waals surface area (Å²) in [6.45, 7) is 4.86. The predicted molar refractivity (Wildman–Crippen MR) is 115 cm³/mol. The van der Waals surface area contributed by atoms with E-state index in [2.05, 4.69) is 46.8 Å². The highest BCUT2D eigenvalue weighted by molar-refractivity contribution is 7.98. The zero-order valence-electron chi connectivity index (χ0n) is 16.8. The van der Waals surface area contributed by atoms with E-state index in [-0.39, 0.29) is 0 Å². The van der Waals surface area contributed by atoms with Crippen molar-refractivity contribution < 1.29 is 9.15 Å². The number of aromatic nitrogens is 3. The Hall–Kier alpha value is -2.99. The van der Waals surface area contributed by atoms with Crippen LogP contribution in [0.5, 0.6) is 5.75 Å². The Labute approximate surface area is 174 Å². The van der Waals surface area contributed by atoms with Crippen molar-refractivity contribution in [1.29, 1.82) is 0 Å². The zero-order valence-corrected chi connectivity index (χ0v) is 17.6. The Balaban J connectivity index is 1.63. The van der Waals surface area contributed by atoms with Gasteiger partial charge in [0.1, 0.15) is 11.5 Å². The molecule has 29 heavy (non-hydrogen) atoms. The molecule has 0 aliphatic heterocycles. The minimum atomic E-state index is 0.580. The van der Waals surface area contributed by atoms with Gasteiger partial charge < -0.3 is 9.15 Å². The van der Waals surface area contributed by atoms with Crippen LogP contribution >= 0.6 is 11.8 Å². The van der Waals surface area contributed by atoms with Crippen LogP contribution < -0.4 is 4.74 Å². The molecule has 0 amide bonds. The summed E-state index contributed by atoms with van der Waals surface area (Å²) in [5, 5.41) is 9.82. The number of thioether (sulfide) groups is 1. The Kier molecular flexibility index (Phi) is 5.71. The molecular weight excluding hydrogens is 382 g/mol. The minimum absolute atomic E-state index is 0.580. The van der Waals surface area contributed by atoms with Crippen LogP contribution in [-0.2, 0) is 12.3 Å². The van der Waals surface area contributed by atoms with Crippen molar-refractivity contribution >= 4 is 11.8 Å². The van der Waals surface area contributed by atoms with Crippen molar-refractivity contribution in [3.05, 3.63) is 83.3 Å². The fourth-order valence-electron chi connectivity index (χ4n) is 3.09. The van der Waals surface area contributed by atoms with Crippen LogP contribution in [0.4, 0.5) is 0 Å². The van der Waals surface area contributed by atoms with Crippen molar-refractivity contribution in [2.45, 2.75) is 31.3 Å². The molecule has 0 aliphatic carbocycles. The molecule has 4 aromatic rings. The summed E-state index contributed by atoms with van der Waals surface area (Å²) in [5.41, 5.74) is 4.88. The molecule has 0 unspecified atom stereocenters. The number of ether oxygens (including phenoxy) is 1. The lowest BCUT2D eigenvalue weighted by Gasteiger charge is -2.10. The lowest BCUT2D eigenvalue weighted by atomic mass is 10.1. The quantitative estimate of drug-likeness (QED) is 0.380. The summed E-state index contributed by atoms with van der Waals surface area (Å²) in [5.74, 6) is 3.33. The van der Waals surface area contributed by atoms with Crippen molar-refractivity contribution in [3.63, 3.8) is 0 Å². The summed E-state index contributed by atoms with van der Waals surface area (Å²) in [6.07, 6.45) is 1.69. The van der Waals surface area contributed by atoms with Crippen LogP contribution in [-0.4, -0.2) is 21.9 Å². The largest absolute Gasteiger partial charge is 0.497 e. The third-order valence-corrected chi connectivity index (χ3v) is 5.94. The molecule has 0 saturated carbocycles. The maximum absolute atomic E-state index is 5.58. The van der Waals surface area contributed by atoms with Gasteiger partial charge in [0.25, 0.3) is 0 Å². The van der Waals surface area contributed by atoms with Crippen molar-refractivity contribution in [3.8, 4) is 17.1 Å². The van der Waals surface area contributed by atoms with E-state index < -0.39 is 0 Å². The second kappa shape index (κ2) is 8.57. The normalized spacial score (nSPS) is 11.0. The third kappa shape index (κ3) is 4.38. The molecule has 0 saturated heterocycles. The Morgan fingerprint density at radius 2 is 1.83 bits per heavy atom. The van der Waals surface area contributed by atoms with Crippen LogP contribution in [0.3, 0.4) is 0 Å². The fourth-order valence-corrected chi connectivity index (χ4v) is 3.97. The van der Waals surface area contributed by atoms with E-state index in [1.54, 1.807) is 25.1 Å². The molecule has 0 radical (unpaired) electrons. The van der Waals surface area contributed by atoms with Crippen LogP contribution in [0.2, 0.25) is 0 Å². The lowest BCUT2D eigenvalue weighted by Crippen LogP contribution is -2.03. The molecule has 0 bridgehead atoms. The van der Waals surface area contributed by atoms with E-state index in [1.165, 1.54) is 16.7 Å². The number of hydrogen-bond acceptors (Lipinski definition) is 5. The first-order chi connectivity index (χ1) is 14.1. The maximum Gasteiger partial charge on any atom is 0.192 e. The molecule has 148 valence electrons. The molecule has 0 N–H and O–H groups in total. The average Bonchev–Trinajstić information content (AvgIpc) is 3.39. The number of methoxy groups -OCH3 is 1. The van der Waals surface area contributed by atoms with Crippen LogP contribution in [0, 0.1) is 13.8 Å². The van der Waals surface area contributed by atoms with Gasteiger partial charge in [0.2, 0.25) is 0 Å². The highest BCUT2D eigenvalue weighted by Crippen LogP contribution is 2.29. The first-order valence-electron chi connectivity index (χ1n) is 9.43. The standard InChI is InChI=1S/C23H23N3O2S/c1-16-6-7-18(13-17(16)2)15-29-23-25-24-22(19-8-10-20(27-3)11-9-19)26(23)14-21-5-4-12-28-21/h4-13H,14-15H2,1-3H3. The SMILES string of the molecule is COc1ccc(-c2nnc(SCc3ccc(C)c(C)c3)n2Cc2ccco2)cc1. The molecule has 0 atom stereocenters. The van der Waals surface area contributed by atoms with Crippen molar-refractivity contribution in [2.75, 3.05) is 7.11 Å². The Morgan fingerprint density at radius 1 is 1.00 bits per heavy atom. The average molecular weight is 406 g/mol. The van der Waals surface area contributed by atoms with Gasteiger partial charge in [-0.1, -0.05) is 30.0 Å². The van der Waals surface area contributed by atoms with E-state index >= 15 is 0 Å². The topological polar surface area (TPSA) is 53.1 Å². The van der Waals surface area contributed by atoms with E-state index in [1.807, 2.05) is 36.4 Å². The van der Waals surface area contributed by atoms with Crippen molar-refractivity contribution in [2.24, 2.45) is 0 Å². The van der Waals surface area contributed by atoms with Gasteiger partial charge in [0, 0.05) is 11.3 Å². The number of hydrogen-bond donors (Lipinski definition) is 0. The van der Waals surface area contributed by atoms with Crippen LogP contribution in [0.1, 0.15) is 22.5 Å². The number of aryl methyl sites for hydroxylation is 2. The van der Waals surface area contributed by atoms with Gasteiger partial charge in [-0.2, -0.15) is 0 Å². The summed E-state index contributed by atoms with van der Waals surface area (Å²) < 4.78 is 12.9. The molecule has 2 heterocycles. The zero-order chi connectivity index (χ0) is 20.2. The third-order valence-electron chi connectivity index (χ3n) is 4.90. The van der Waals surface area contributed by atoms with Gasteiger partial charge in [-0.05, 0) is 66.9 Å². The second-order valence-electron chi connectivity index (χ2n) is 6.91.